The standard InChI is InChI=1S/C17H21N3S/c1-13-7-6-10-16(18-13)20-17(21)19-14(2)11-12-15-8-4-3-5-9-15/h3-10,14H,11-12H2,1-2H3,(H2,18,19,20,21)/t14-/m1/s1. The molecule has 0 amide bonds. The van der Waals surface area contributed by atoms with Crippen LogP contribution in [0.3, 0.4) is 0 Å². The Labute approximate surface area is 131 Å². The molecule has 1 aromatic heterocycles. The van der Waals surface area contributed by atoms with Crippen molar-refractivity contribution in [2.75, 3.05) is 5.32 Å². The van der Waals surface area contributed by atoms with Crippen molar-refractivity contribution < 1.29 is 0 Å². The van der Waals surface area contributed by atoms with Crippen LogP contribution in [-0.4, -0.2) is 16.1 Å². The molecule has 21 heavy (non-hydrogen) atoms. The summed E-state index contributed by atoms with van der Waals surface area (Å²) >= 11 is 5.32. The van der Waals surface area contributed by atoms with Crippen molar-refractivity contribution in [3.8, 4) is 0 Å². The highest BCUT2D eigenvalue weighted by molar-refractivity contribution is 7.80. The summed E-state index contributed by atoms with van der Waals surface area (Å²) in [7, 11) is 0. The van der Waals surface area contributed by atoms with Crippen LogP contribution in [0.1, 0.15) is 24.6 Å². The Kier molecular flexibility index (Phi) is 5.69. The van der Waals surface area contributed by atoms with Gasteiger partial charge in [-0.3, -0.25) is 0 Å². The zero-order valence-electron chi connectivity index (χ0n) is 12.5. The van der Waals surface area contributed by atoms with Crippen molar-refractivity contribution in [1.82, 2.24) is 10.3 Å². The smallest absolute Gasteiger partial charge is 0.172 e. The highest BCUT2D eigenvalue weighted by Gasteiger charge is 2.05. The molecule has 0 fully saturated rings. The van der Waals surface area contributed by atoms with Crippen LogP contribution in [0, 0.1) is 6.92 Å². The second kappa shape index (κ2) is 7.74. The quantitative estimate of drug-likeness (QED) is 0.826. The number of hydrogen-bond donors (Lipinski definition) is 2. The zero-order chi connectivity index (χ0) is 15.1. The summed E-state index contributed by atoms with van der Waals surface area (Å²) < 4.78 is 0. The minimum Gasteiger partial charge on any atom is -0.360 e. The van der Waals surface area contributed by atoms with Gasteiger partial charge < -0.3 is 10.6 Å². The molecule has 0 saturated heterocycles. The predicted molar refractivity (Wildman–Crippen MR) is 92.6 cm³/mol. The predicted octanol–water partition coefficient (Wildman–Crippen LogP) is 3.70. The fourth-order valence-electron chi connectivity index (χ4n) is 2.09. The van der Waals surface area contributed by atoms with Gasteiger partial charge in [0, 0.05) is 11.7 Å². The summed E-state index contributed by atoms with van der Waals surface area (Å²) in [4.78, 5) is 4.38. The van der Waals surface area contributed by atoms with Gasteiger partial charge in [-0.2, -0.15) is 0 Å². The van der Waals surface area contributed by atoms with Gasteiger partial charge in [-0.05, 0) is 56.6 Å². The molecule has 0 bridgehead atoms. The molecule has 1 heterocycles. The van der Waals surface area contributed by atoms with Crippen LogP contribution >= 0.6 is 12.2 Å². The SMILES string of the molecule is Cc1cccc(NC(=S)N[C@H](C)CCc2ccccc2)n1. The van der Waals surface area contributed by atoms with E-state index in [-0.39, 0.29) is 0 Å². The Morgan fingerprint density at radius 3 is 2.62 bits per heavy atom. The third-order valence-corrected chi connectivity index (χ3v) is 3.44. The molecule has 0 unspecified atom stereocenters. The van der Waals surface area contributed by atoms with Gasteiger partial charge in [0.1, 0.15) is 5.82 Å². The third kappa shape index (κ3) is 5.52. The maximum atomic E-state index is 5.32. The average molecular weight is 299 g/mol. The molecule has 3 nitrogen and oxygen atoms in total. The van der Waals surface area contributed by atoms with E-state index < -0.39 is 0 Å². The van der Waals surface area contributed by atoms with Crippen LogP contribution in [-0.2, 0) is 6.42 Å². The largest absolute Gasteiger partial charge is 0.360 e. The van der Waals surface area contributed by atoms with Crippen molar-refractivity contribution >= 4 is 23.1 Å². The highest BCUT2D eigenvalue weighted by atomic mass is 32.1. The average Bonchev–Trinajstić information content (AvgIpc) is 2.46. The number of rotatable bonds is 5. The first kappa shape index (κ1) is 15.4. The fraction of sp³-hybridized carbons (Fsp3) is 0.294. The van der Waals surface area contributed by atoms with Gasteiger partial charge in [0.05, 0.1) is 0 Å². The van der Waals surface area contributed by atoms with E-state index in [4.69, 9.17) is 12.2 Å². The molecule has 1 atom stereocenters. The topological polar surface area (TPSA) is 37.0 Å². The van der Waals surface area contributed by atoms with E-state index in [0.29, 0.717) is 11.2 Å². The third-order valence-electron chi connectivity index (χ3n) is 3.22. The summed E-state index contributed by atoms with van der Waals surface area (Å²) in [6, 6.07) is 16.6. The molecule has 0 radical (unpaired) electrons. The second-order valence-electron chi connectivity index (χ2n) is 5.19. The summed E-state index contributed by atoms with van der Waals surface area (Å²) in [6.07, 6.45) is 2.08. The van der Waals surface area contributed by atoms with Gasteiger partial charge in [-0.1, -0.05) is 36.4 Å². The van der Waals surface area contributed by atoms with Gasteiger partial charge in [0.2, 0.25) is 0 Å². The van der Waals surface area contributed by atoms with Gasteiger partial charge in [-0.15, -0.1) is 0 Å². The van der Waals surface area contributed by atoms with Crippen LogP contribution in [0.2, 0.25) is 0 Å². The van der Waals surface area contributed by atoms with Crippen molar-refractivity contribution in [3.63, 3.8) is 0 Å². The van der Waals surface area contributed by atoms with E-state index in [1.165, 1.54) is 5.56 Å². The first-order chi connectivity index (χ1) is 10.1. The minimum absolute atomic E-state index is 0.315. The molecule has 0 aliphatic carbocycles. The molecule has 0 aliphatic heterocycles. The molecule has 4 heteroatoms. The molecule has 0 spiro atoms. The minimum atomic E-state index is 0.315. The number of hydrogen-bond acceptors (Lipinski definition) is 2. The summed E-state index contributed by atoms with van der Waals surface area (Å²) in [6.45, 7) is 4.10. The molecule has 0 saturated carbocycles. The van der Waals surface area contributed by atoms with Crippen LogP contribution in [0.15, 0.2) is 48.5 Å². The van der Waals surface area contributed by atoms with Crippen LogP contribution in [0.5, 0.6) is 0 Å². The van der Waals surface area contributed by atoms with Gasteiger partial charge >= 0.3 is 0 Å². The maximum absolute atomic E-state index is 5.32. The molecule has 2 rings (SSSR count). The highest BCUT2D eigenvalue weighted by Crippen LogP contribution is 2.06. The number of thiocarbonyl (C=S) groups is 1. The lowest BCUT2D eigenvalue weighted by Gasteiger charge is -2.16. The van der Waals surface area contributed by atoms with E-state index in [0.717, 1.165) is 24.4 Å². The van der Waals surface area contributed by atoms with E-state index in [1.807, 2.05) is 31.2 Å². The molecule has 0 aliphatic rings. The van der Waals surface area contributed by atoms with Crippen molar-refractivity contribution in [3.05, 3.63) is 59.8 Å². The van der Waals surface area contributed by atoms with E-state index in [9.17, 15) is 0 Å². The monoisotopic (exact) mass is 299 g/mol. The lowest BCUT2D eigenvalue weighted by atomic mass is 10.1. The number of aromatic nitrogens is 1. The van der Waals surface area contributed by atoms with E-state index >= 15 is 0 Å². The maximum Gasteiger partial charge on any atom is 0.172 e. The Morgan fingerprint density at radius 1 is 1.14 bits per heavy atom. The molecule has 110 valence electrons. The summed E-state index contributed by atoms with van der Waals surface area (Å²) in [5.74, 6) is 0.780. The zero-order valence-corrected chi connectivity index (χ0v) is 13.3. The number of anilines is 1. The summed E-state index contributed by atoms with van der Waals surface area (Å²) in [5, 5.41) is 7.04. The van der Waals surface area contributed by atoms with Gasteiger partial charge in [0.25, 0.3) is 0 Å². The van der Waals surface area contributed by atoms with Gasteiger partial charge in [-0.25, -0.2) is 4.98 Å². The van der Waals surface area contributed by atoms with E-state index in [2.05, 4.69) is 46.8 Å². The molecular formula is C17H21N3S. The number of pyridine rings is 1. The lowest BCUT2D eigenvalue weighted by Crippen LogP contribution is -2.36. The number of aryl methyl sites for hydroxylation is 2. The van der Waals surface area contributed by atoms with Crippen molar-refractivity contribution in [2.45, 2.75) is 32.7 Å². The normalized spacial score (nSPS) is 11.7. The van der Waals surface area contributed by atoms with Gasteiger partial charge in [0.15, 0.2) is 5.11 Å². The summed E-state index contributed by atoms with van der Waals surface area (Å²) in [5.41, 5.74) is 2.32. The van der Waals surface area contributed by atoms with Crippen LogP contribution in [0.25, 0.3) is 0 Å². The number of nitrogens with zero attached hydrogens (tertiary/aromatic N) is 1. The first-order valence-electron chi connectivity index (χ1n) is 7.18. The second-order valence-corrected chi connectivity index (χ2v) is 5.60. The van der Waals surface area contributed by atoms with E-state index in [1.54, 1.807) is 0 Å². The Bertz CT molecular complexity index is 584. The van der Waals surface area contributed by atoms with Crippen LogP contribution in [0.4, 0.5) is 5.82 Å². The molecule has 1 aromatic carbocycles. The number of nitrogens with one attached hydrogen (secondary N) is 2. The molecule has 2 aromatic rings. The Balaban J connectivity index is 1.77. The lowest BCUT2D eigenvalue weighted by molar-refractivity contribution is 0.609. The molecular weight excluding hydrogens is 278 g/mol. The van der Waals surface area contributed by atoms with Crippen molar-refractivity contribution in [2.24, 2.45) is 0 Å². The van der Waals surface area contributed by atoms with Crippen LogP contribution < -0.4 is 10.6 Å². The molecule has 2 N–H and O–H groups in total. The Morgan fingerprint density at radius 2 is 1.90 bits per heavy atom. The Hall–Kier alpha value is -1.94. The fourth-order valence-corrected chi connectivity index (χ4v) is 2.39. The van der Waals surface area contributed by atoms with Crippen molar-refractivity contribution in [1.29, 1.82) is 0 Å². The number of benzene rings is 1. The first-order valence-corrected chi connectivity index (χ1v) is 7.59.